The van der Waals surface area contributed by atoms with Crippen molar-refractivity contribution in [3.8, 4) is 0 Å². The maximum atomic E-state index is 13.2. The van der Waals surface area contributed by atoms with Crippen LogP contribution in [-0.4, -0.2) is 50.9 Å². The molecule has 1 fully saturated rings. The minimum atomic E-state index is -1.34. The van der Waals surface area contributed by atoms with Crippen LogP contribution in [-0.2, 0) is 4.79 Å². The summed E-state index contributed by atoms with van der Waals surface area (Å²) < 4.78 is 13.2. The minimum Gasteiger partial charge on any atom is -0.481 e. The highest BCUT2D eigenvalue weighted by atomic mass is 19.1. The van der Waals surface area contributed by atoms with Gasteiger partial charge in [-0.2, -0.15) is 0 Å². The largest absolute Gasteiger partial charge is 0.481 e. The second-order valence-electron chi connectivity index (χ2n) is 8.05. The molecule has 1 unspecified atom stereocenters. The van der Waals surface area contributed by atoms with Gasteiger partial charge in [0.05, 0.1) is 17.8 Å². The molecule has 4 N–H and O–H groups in total. The van der Waals surface area contributed by atoms with Gasteiger partial charge in [0, 0.05) is 18.8 Å². The first-order valence-corrected chi connectivity index (χ1v) is 10.4. The summed E-state index contributed by atoms with van der Waals surface area (Å²) in [5, 5.41) is 39.4. The van der Waals surface area contributed by atoms with E-state index in [1.54, 1.807) is 6.08 Å². The zero-order chi connectivity index (χ0) is 20.3. The summed E-state index contributed by atoms with van der Waals surface area (Å²) in [5.74, 6) is -1.01. The molecule has 0 heterocycles. The van der Waals surface area contributed by atoms with Gasteiger partial charge in [0.15, 0.2) is 0 Å². The number of hydrogen-bond donors (Lipinski definition) is 4. The van der Waals surface area contributed by atoms with Crippen LogP contribution in [0.4, 0.5) is 4.39 Å². The number of halogens is 1. The summed E-state index contributed by atoms with van der Waals surface area (Å²) in [6, 6.07) is 0. The molecular weight excluding hydrogens is 351 g/mol. The molecule has 1 rings (SSSR count). The molecule has 27 heavy (non-hydrogen) atoms. The summed E-state index contributed by atoms with van der Waals surface area (Å²) >= 11 is 0. The number of rotatable bonds is 14. The zero-order valence-electron chi connectivity index (χ0n) is 16.5. The second-order valence-corrected chi connectivity index (χ2v) is 8.05. The Labute approximate surface area is 162 Å². The smallest absolute Gasteiger partial charge is 0.303 e. The SMILES string of the molecule is CCCCC(O)(CF)CC=C[C@@H]1[C@@H](CCCCCCC(=O)O)[C@@H](O)C[C@H]1O. The molecule has 5 atom stereocenters. The van der Waals surface area contributed by atoms with Crippen LogP contribution < -0.4 is 0 Å². The Kier molecular flexibility index (Phi) is 11.1. The Morgan fingerprint density at radius 1 is 1.15 bits per heavy atom. The van der Waals surface area contributed by atoms with Gasteiger partial charge in [-0.1, -0.05) is 51.2 Å². The number of hydrogen-bond acceptors (Lipinski definition) is 4. The zero-order valence-corrected chi connectivity index (χ0v) is 16.5. The van der Waals surface area contributed by atoms with Crippen LogP contribution in [0.15, 0.2) is 12.2 Å². The van der Waals surface area contributed by atoms with Crippen molar-refractivity contribution in [1.29, 1.82) is 0 Å². The van der Waals surface area contributed by atoms with Crippen molar-refractivity contribution in [1.82, 2.24) is 0 Å². The predicted molar refractivity (Wildman–Crippen MR) is 103 cm³/mol. The molecule has 0 bridgehead atoms. The number of carbonyl (C=O) groups is 1. The van der Waals surface area contributed by atoms with E-state index in [1.807, 2.05) is 13.0 Å². The lowest BCUT2D eigenvalue weighted by Crippen LogP contribution is -2.30. The van der Waals surface area contributed by atoms with Gasteiger partial charge in [0.2, 0.25) is 0 Å². The maximum Gasteiger partial charge on any atom is 0.303 e. The Morgan fingerprint density at radius 2 is 1.85 bits per heavy atom. The van der Waals surface area contributed by atoms with E-state index in [2.05, 4.69) is 0 Å². The molecule has 158 valence electrons. The highest BCUT2D eigenvalue weighted by Gasteiger charge is 2.39. The molecule has 0 aromatic rings. The summed E-state index contributed by atoms with van der Waals surface area (Å²) in [6.45, 7) is 1.21. The average molecular weight is 389 g/mol. The molecule has 0 saturated heterocycles. The highest BCUT2D eigenvalue weighted by molar-refractivity contribution is 5.66. The van der Waals surface area contributed by atoms with Crippen LogP contribution in [0.3, 0.4) is 0 Å². The molecular formula is C21H37FO5. The molecule has 1 saturated carbocycles. The van der Waals surface area contributed by atoms with E-state index in [0.29, 0.717) is 19.3 Å². The van der Waals surface area contributed by atoms with Crippen molar-refractivity contribution in [2.75, 3.05) is 6.67 Å². The average Bonchev–Trinajstić information content (AvgIpc) is 2.89. The first kappa shape index (κ1) is 24.1. The van der Waals surface area contributed by atoms with Gasteiger partial charge in [0.1, 0.15) is 6.67 Å². The fourth-order valence-corrected chi connectivity index (χ4v) is 3.96. The Hall–Kier alpha value is -0.980. The van der Waals surface area contributed by atoms with Gasteiger partial charge >= 0.3 is 5.97 Å². The Balaban J connectivity index is 2.49. The van der Waals surface area contributed by atoms with Crippen molar-refractivity contribution in [3.05, 3.63) is 12.2 Å². The molecule has 1 aliphatic rings. The topological polar surface area (TPSA) is 98.0 Å². The van der Waals surface area contributed by atoms with E-state index >= 15 is 0 Å². The summed E-state index contributed by atoms with van der Waals surface area (Å²) in [5.41, 5.74) is -1.34. The molecule has 0 amide bonds. The number of carboxylic acid groups (broad SMARTS) is 1. The van der Waals surface area contributed by atoms with Gasteiger partial charge in [-0.05, 0) is 31.6 Å². The lowest BCUT2D eigenvalue weighted by Gasteiger charge is -2.24. The molecule has 1 aliphatic carbocycles. The van der Waals surface area contributed by atoms with Crippen molar-refractivity contribution < 1.29 is 29.6 Å². The van der Waals surface area contributed by atoms with Gasteiger partial charge in [-0.25, -0.2) is 4.39 Å². The van der Waals surface area contributed by atoms with Gasteiger partial charge < -0.3 is 20.4 Å². The third-order valence-corrected chi connectivity index (χ3v) is 5.69. The molecule has 0 spiro atoms. The number of alkyl halides is 1. The fourth-order valence-electron chi connectivity index (χ4n) is 3.96. The third kappa shape index (κ3) is 8.71. The van der Waals surface area contributed by atoms with Gasteiger partial charge in [0.25, 0.3) is 0 Å². The normalized spacial score (nSPS) is 27.9. The van der Waals surface area contributed by atoms with Crippen molar-refractivity contribution in [2.24, 2.45) is 11.8 Å². The standard InChI is InChI=1S/C21H37FO5/c1-2-3-12-21(27,15-22)13-8-10-17-16(18(23)14-19(17)24)9-6-4-5-7-11-20(25)26/h8,10,16-19,23-24,27H,2-7,9,11-15H2,1H3,(H,25,26)/t16-,17-,18+,19-,21?/m1/s1. The van der Waals surface area contributed by atoms with Gasteiger partial charge in [-0.3, -0.25) is 4.79 Å². The number of aliphatic hydroxyl groups is 3. The van der Waals surface area contributed by atoms with Crippen LogP contribution >= 0.6 is 0 Å². The Morgan fingerprint density at radius 3 is 2.48 bits per heavy atom. The summed E-state index contributed by atoms with van der Waals surface area (Å²) in [6.07, 6.45) is 9.28. The molecule has 0 radical (unpaired) electrons. The second kappa shape index (κ2) is 12.5. The first-order valence-electron chi connectivity index (χ1n) is 10.4. The lowest BCUT2D eigenvalue weighted by molar-refractivity contribution is -0.137. The monoisotopic (exact) mass is 388 g/mol. The minimum absolute atomic E-state index is 0.0511. The molecule has 5 nitrogen and oxygen atoms in total. The summed E-state index contributed by atoms with van der Waals surface area (Å²) in [4.78, 5) is 10.5. The maximum absolute atomic E-state index is 13.2. The van der Waals surface area contributed by atoms with Crippen LogP contribution in [0.25, 0.3) is 0 Å². The van der Waals surface area contributed by atoms with Crippen LogP contribution in [0.5, 0.6) is 0 Å². The number of carboxylic acids is 1. The quantitative estimate of drug-likeness (QED) is 0.269. The van der Waals surface area contributed by atoms with E-state index in [1.165, 1.54) is 0 Å². The number of aliphatic hydroxyl groups excluding tert-OH is 2. The predicted octanol–water partition coefficient (Wildman–Crippen LogP) is 3.61. The van der Waals surface area contributed by atoms with Crippen LogP contribution in [0, 0.1) is 11.8 Å². The molecule has 0 aromatic heterocycles. The molecule has 0 aliphatic heterocycles. The Bertz CT molecular complexity index is 456. The first-order chi connectivity index (χ1) is 12.8. The summed E-state index contributed by atoms with van der Waals surface area (Å²) in [7, 11) is 0. The van der Waals surface area contributed by atoms with E-state index in [9.17, 15) is 24.5 Å². The van der Waals surface area contributed by atoms with Gasteiger partial charge in [-0.15, -0.1) is 0 Å². The molecule has 6 heteroatoms. The number of unbranched alkanes of at least 4 members (excludes halogenated alkanes) is 4. The van der Waals surface area contributed by atoms with Crippen molar-refractivity contribution in [2.45, 2.75) is 95.4 Å². The van der Waals surface area contributed by atoms with Crippen molar-refractivity contribution >= 4 is 5.97 Å². The highest BCUT2D eigenvalue weighted by Crippen LogP contribution is 2.37. The number of aliphatic carboxylic acids is 1. The molecule has 0 aromatic carbocycles. The van der Waals surface area contributed by atoms with Crippen LogP contribution in [0.2, 0.25) is 0 Å². The lowest BCUT2D eigenvalue weighted by atomic mass is 9.87. The van der Waals surface area contributed by atoms with Crippen LogP contribution in [0.1, 0.15) is 77.6 Å². The third-order valence-electron chi connectivity index (χ3n) is 5.69. The fraction of sp³-hybridized carbons (Fsp3) is 0.857. The van der Waals surface area contributed by atoms with E-state index in [4.69, 9.17) is 5.11 Å². The van der Waals surface area contributed by atoms with E-state index in [0.717, 1.165) is 38.5 Å². The van der Waals surface area contributed by atoms with E-state index < -0.39 is 30.5 Å². The van der Waals surface area contributed by atoms with E-state index in [-0.39, 0.29) is 24.7 Å². The van der Waals surface area contributed by atoms with Crippen molar-refractivity contribution in [3.63, 3.8) is 0 Å².